The maximum Gasteiger partial charge on any atom is 0.192 e. The molecule has 0 bridgehead atoms. The number of thioether (sulfide) groups is 1. The Morgan fingerprint density at radius 3 is 2.45 bits per heavy atom. The summed E-state index contributed by atoms with van der Waals surface area (Å²) in [4.78, 5) is 17.2. The number of benzene rings is 1. The summed E-state index contributed by atoms with van der Waals surface area (Å²) in [5.41, 5.74) is 2.99. The average molecular weight is 407 g/mol. The van der Waals surface area contributed by atoms with Crippen molar-refractivity contribution >= 4 is 17.5 Å². The van der Waals surface area contributed by atoms with Crippen molar-refractivity contribution < 1.29 is 4.79 Å². The number of aromatic nitrogens is 4. The van der Waals surface area contributed by atoms with Crippen molar-refractivity contribution in [2.45, 2.75) is 62.4 Å². The van der Waals surface area contributed by atoms with Gasteiger partial charge in [0.05, 0.1) is 5.25 Å². The highest BCUT2D eigenvalue weighted by Crippen LogP contribution is 2.41. The molecule has 1 aromatic carbocycles. The van der Waals surface area contributed by atoms with E-state index in [1.54, 1.807) is 6.20 Å². The summed E-state index contributed by atoms with van der Waals surface area (Å²) in [6, 6.07) is 12.3. The molecule has 0 N–H and O–H groups in total. The predicted molar refractivity (Wildman–Crippen MR) is 116 cm³/mol. The van der Waals surface area contributed by atoms with E-state index in [-0.39, 0.29) is 16.4 Å². The van der Waals surface area contributed by atoms with E-state index in [0.29, 0.717) is 6.04 Å². The SMILES string of the molecule is C[C@@H](Sc1nnc(-c2cccnc2)n1C1CC1)C(=O)c1ccc(C(C)(C)C)cc1. The van der Waals surface area contributed by atoms with Gasteiger partial charge in [0.15, 0.2) is 16.8 Å². The fourth-order valence-electron chi connectivity index (χ4n) is 3.29. The Morgan fingerprint density at radius 2 is 1.86 bits per heavy atom. The summed E-state index contributed by atoms with van der Waals surface area (Å²) < 4.78 is 2.17. The molecule has 3 aromatic rings. The van der Waals surface area contributed by atoms with E-state index in [2.05, 4.69) is 52.7 Å². The molecule has 2 aromatic heterocycles. The first-order valence-corrected chi connectivity index (χ1v) is 10.9. The van der Waals surface area contributed by atoms with Crippen LogP contribution in [0.2, 0.25) is 0 Å². The summed E-state index contributed by atoms with van der Waals surface area (Å²) in [7, 11) is 0. The second kappa shape index (κ2) is 7.75. The van der Waals surface area contributed by atoms with Crippen LogP contribution >= 0.6 is 11.8 Å². The van der Waals surface area contributed by atoms with Crippen molar-refractivity contribution in [1.82, 2.24) is 19.7 Å². The van der Waals surface area contributed by atoms with E-state index < -0.39 is 0 Å². The number of rotatable bonds is 6. The second-order valence-corrected chi connectivity index (χ2v) is 9.91. The molecule has 0 saturated heterocycles. The Kier molecular flexibility index (Phi) is 5.30. The molecule has 4 rings (SSSR count). The van der Waals surface area contributed by atoms with Crippen LogP contribution in [0.3, 0.4) is 0 Å². The van der Waals surface area contributed by atoms with Crippen LogP contribution in [0.15, 0.2) is 53.9 Å². The monoisotopic (exact) mass is 406 g/mol. The summed E-state index contributed by atoms with van der Waals surface area (Å²) in [5.74, 6) is 0.945. The Morgan fingerprint density at radius 1 is 1.14 bits per heavy atom. The minimum absolute atomic E-state index is 0.0747. The Hall–Kier alpha value is -2.47. The van der Waals surface area contributed by atoms with Gasteiger partial charge in [-0.2, -0.15) is 0 Å². The third kappa shape index (κ3) is 4.27. The first-order chi connectivity index (χ1) is 13.8. The molecule has 0 radical (unpaired) electrons. The number of pyridine rings is 1. The van der Waals surface area contributed by atoms with Crippen molar-refractivity contribution in [2.75, 3.05) is 0 Å². The molecule has 6 heteroatoms. The first kappa shape index (κ1) is 19.8. The van der Waals surface area contributed by atoms with Crippen molar-refractivity contribution in [3.8, 4) is 11.4 Å². The van der Waals surface area contributed by atoms with Gasteiger partial charge in [0, 0.05) is 29.6 Å². The fraction of sp³-hybridized carbons (Fsp3) is 0.391. The number of ketones is 1. The van der Waals surface area contributed by atoms with Crippen LogP contribution in [0.5, 0.6) is 0 Å². The van der Waals surface area contributed by atoms with Gasteiger partial charge in [-0.3, -0.25) is 14.3 Å². The lowest BCUT2D eigenvalue weighted by molar-refractivity contribution is 0.0993. The Bertz CT molecular complexity index is 1000. The molecule has 1 saturated carbocycles. The first-order valence-electron chi connectivity index (χ1n) is 10.0. The summed E-state index contributed by atoms with van der Waals surface area (Å²) >= 11 is 1.49. The van der Waals surface area contributed by atoms with Crippen molar-refractivity contribution in [1.29, 1.82) is 0 Å². The Balaban J connectivity index is 1.55. The lowest BCUT2D eigenvalue weighted by atomic mass is 9.86. The zero-order chi connectivity index (χ0) is 20.6. The summed E-state index contributed by atoms with van der Waals surface area (Å²) in [5, 5.41) is 9.39. The molecule has 0 aliphatic heterocycles. The lowest BCUT2D eigenvalue weighted by Gasteiger charge is -2.19. The van der Waals surface area contributed by atoms with Gasteiger partial charge in [-0.05, 0) is 42.9 Å². The highest BCUT2D eigenvalue weighted by atomic mass is 32.2. The van der Waals surface area contributed by atoms with Crippen molar-refractivity contribution in [2.24, 2.45) is 0 Å². The zero-order valence-electron chi connectivity index (χ0n) is 17.3. The lowest BCUT2D eigenvalue weighted by Crippen LogP contribution is -2.16. The van der Waals surface area contributed by atoms with E-state index in [4.69, 9.17) is 0 Å². The third-order valence-electron chi connectivity index (χ3n) is 5.18. The van der Waals surface area contributed by atoms with Gasteiger partial charge in [-0.1, -0.05) is 56.8 Å². The van der Waals surface area contributed by atoms with Gasteiger partial charge < -0.3 is 0 Å². The summed E-state index contributed by atoms with van der Waals surface area (Å²) in [6.07, 6.45) is 5.80. The molecule has 1 fully saturated rings. The average Bonchev–Trinajstić information content (AvgIpc) is 3.47. The predicted octanol–water partition coefficient (Wildman–Crippen LogP) is 5.34. The van der Waals surface area contributed by atoms with E-state index >= 15 is 0 Å². The molecule has 1 atom stereocenters. The maximum absolute atomic E-state index is 13.0. The van der Waals surface area contributed by atoms with Crippen LogP contribution in [0, 0.1) is 0 Å². The van der Waals surface area contributed by atoms with Crippen LogP contribution < -0.4 is 0 Å². The Labute approximate surface area is 176 Å². The number of hydrogen-bond acceptors (Lipinski definition) is 5. The fourth-order valence-corrected chi connectivity index (χ4v) is 4.29. The minimum atomic E-state index is -0.237. The number of hydrogen-bond donors (Lipinski definition) is 0. The highest BCUT2D eigenvalue weighted by Gasteiger charge is 2.31. The van der Waals surface area contributed by atoms with Crippen LogP contribution in [0.4, 0.5) is 0 Å². The minimum Gasteiger partial charge on any atom is -0.299 e. The zero-order valence-corrected chi connectivity index (χ0v) is 18.1. The van der Waals surface area contributed by atoms with Gasteiger partial charge in [0.1, 0.15) is 0 Å². The maximum atomic E-state index is 13.0. The van der Waals surface area contributed by atoms with Crippen molar-refractivity contribution in [3.63, 3.8) is 0 Å². The molecule has 1 aliphatic carbocycles. The van der Waals surface area contributed by atoms with Gasteiger partial charge in [-0.15, -0.1) is 10.2 Å². The molecule has 150 valence electrons. The van der Waals surface area contributed by atoms with Gasteiger partial charge in [0.2, 0.25) is 0 Å². The van der Waals surface area contributed by atoms with Crippen molar-refractivity contribution in [3.05, 3.63) is 59.9 Å². The number of carbonyl (C=O) groups is 1. The molecule has 1 aliphatic rings. The normalized spacial score (nSPS) is 15.3. The molecule has 29 heavy (non-hydrogen) atoms. The van der Waals surface area contributed by atoms with Crippen LogP contribution in [-0.4, -0.2) is 30.8 Å². The second-order valence-electron chi connectivity index (χ2n) is 8.60. The van der Waals surface area contributed by atoms with E-state index in [0.717, 1.165) is 34.9 Å². The van der Waals surface area contributed by atoms with Crippen LogP contribution in [-0.2, 0) is 5.41 Å². The molecule has 0 amide bonds. The largest absolute Gasteiger partial charge is 0.299 e. The third-order valence-corrected chi connectivity index (χ3v) is 6.24. The van der Waals surface area contributed by atoms with E-state index in [9.17, 15) is 4.79 Å². The quantitative estimate of drug-likeness (QED) is 0.409. The summed E-state index contributed by atoms with van der Waals surface area (Å²) in [6.45, 7) is 8.47. The standard InChI is InChI=1S/C23H26N4OS/c1-15(20(28)16-7-9-18(10-8-16)23(2,3)4)29-22-26-25-21(27(22)19-11-12-19)17-6-5-13-24-14-17/h5-10,13-15,19H,11-12H2,1-4H3/t15-/m1/s1. The molecular formula is C23H26N4OS. The van der Waals surface area contributed by atoms with Crippen LogP contribution in [0.25, 0.3) is 11.4 Å². The molecule has 5 nitrogen and oxygen atoms in total. The smallest absolute Gasteiger partial charge is 0.192 e. The van der Waals surface area contributed by atoms with E-state index in [1.165, 1.54) is 17.3 Å². The van der Waals surface area contributed by atoms with Crippen LogP contribution in [0.1, 0.15) is 62.5 Å². The van der Waals surface area contributed by atoms with Gasteiger partial charge in [0.25, 0.3) is 0 Å². The topological polar surface area (TPSA) is 60.7 Å². The number of nitrogens with zero attached hydrogens (tertiary/aromatic N) is 4. The highest BCUT2D eigenvalue weighted by molar-refractivity contribution is 8.00. The van der Waals surface area contributed by atoms with Gasteiger partial charge >= 0.3 is 0 Å². The molecule has 2 heterocycles. The van der Waals surface area contributed by atoms with E-state index in [1.807, 2.05) is 37.4 Å². The molecule has 0 unspecified atom stereocenters. The van der Waals surface area contributed by atoms with Gasteiger partial charge in [-0.25, -0.2) is 0 Å². The molecule has 0 spiro atoms. The molecular weight excluding hydrogens is 380 g/mol. The number of Topliss-reactive ketones (excluding diaryl/α,β-unsaturated/α-hetero) is 1. The number of carbonyl (C=O) groups excluding carboxylic acids is 1.